The first kappa shape index (κ1) is 56.3. The van der Waals surface area contributed by atoms with Crippen molar-refractivity contribution in [2.45, 2.75) is 194 Å². The molecule has 1 atom stereocenters. The van der Waals surface area contributed by atoms with Crippen LogP contribution in [0.5, 0.6) is 0 Å². The van der Waals surface area contributed by atoms with Crippen LogP contribution in [0.25, 0.3) is 0 Å². The molecule has 0 radical (unpaired) electrons. The second-order valence-corrected chi connectivity index (χ2v) is 15.3. The monoisotopic (exact) mass is 829 g/mol. The van der Waals surface area contributed by atoms with Crippen molar-refractivity contribution in [1.82, 2.24) is 0 Å². The van der Waals surface area contributed by atoms with Gasteiger partial charge in [0.05, 0.1) is 13.0 Å². The summed E-state index contributed by atoms with van der Waals surface area (Å²) in [6, 6.07) is 0. The summed E-state index contributed by atoms with van der Waals surface area (Å²) in [6.45, 7) is 7.37. The molecule has 0 aromatic heterocycles. The zero-order valence-electron chi connectivity index (χ0n) is 38.7. The van der Waals surface area contributed by atoms with Gasteiger partial charge in [-0.15, -0.1) is 0 Å². The van der Waals surface area contributed by atoms with Gasteiger partial charge in [-0.3, -0.25) is 9.59 Å². The predicted octanol–water partition coefficient (Wildman–Crippen LogP) is 16.2. The van der Waals surface area contributed by atoms with Crippen LogP contribution in [0.2, 0.25) is 0 Å². The van der Waals surface area contributed by atoms with E-state index in [-0.39, 0.29) is 31.6 Å². The third-order valence-electron chi connectivity index (χ3n) is 9.50. The summed E-state index contributed by atoms with van der Waals surface area (Å²) >= 11 is 0. The molecule has 0 heterocycles. The molecule has 0 saturated heterocycles. The van der Waals surface area contributed by atoms with Crippen molar-refractivity contribution in [1.29, 1.82) is 0 Å². The van der Waals surface area contributed by atoms with Gasteiger partial charge in [0.15, 0.2) is 6.10 Å². The van der Waals surface area contributed by atoms with Gasteiger partial charge in [-0.05, 0) is 109 Å². The summed E-state index contributed by atoms with van der Waals surface area (Å²) in [4.78, 5) is 25.3. The Hall–Kier alpha value is -3.70. The first-order chi connectivity index (χ1) is 29.6. The van der Waals surface area contributed by atoms with Crippen LogP contribution in [0, 0.1) is 0 Å². The van der Waals surface area contributed by atoms with Gasteiger partial charge in [0.2, 0.25) is 0 Å². The molecule has 0 spiro atoms. The predicted molar refractivity (Wildman–Crippen MR) is 260 cm³/mol. The molecular weight excluding hydrogens is 741 g/mol. The maximum absolute atomic E-state index is 12.8. The second kappa shape index (κ2) is 49.7. The van der Waals surface area contributed by atoms with Crippen LogP contribution in [-0.2, 0) is 23.8 Å². The minimum atomic E-state index is -0.604. The molecule has 338 valence electrons. The molecule has 0 aliphatic heterocycles. The van der Waals surface area contributed by atoms with Crippen molar-refractivity contribution in [2.75, 3.05) is 19.8 Å². The quantitative estimate of drug-likeness (QED) is 0.0348. The smallest absolute Gasteiger partial charge is 0.309 e. The Labute approximate surface area is 369 Å². The Balaban J connectivity index is 4.49. The molecule has 0 bridgehead atoms. The molecule has 0 aromatic carbocycles. The Bertz CT molecular complexity index is 1260. The van der Waals surface area contributed by atoms with Gasteiger partial charge in [0, 0.05) is 13.0 Å². The van der Waals surface area contributed by atoms with E-state index in [1.807, 2.05) is 12.2 Å². The molecule has 0 fully saturated rings. The van der Waals surface area contributed by atoms with Gasteiger partial charge in [-0.1, -0.05) is 187 Å². The number of hydrogen-bond donors (Lipinski definition) is 0. The van der Waals surface area contributed by atoms with Crippen LogP contribution in [-0.4, -0.2) is 37.9 Å². The Morgan fingerprint density at radius 3 is 1.30 bits per heavy atom. The van der Waals surface area contributed by atoms with Crippen LogP contribution in [0.1, 0.15) is 188 Å². The van der Waals surface area contributed by atoms with E-state index in [0.29, 0.717) is 13.0 Å². The minimum absolute atomic E-state index is 0.00718. The fourth-order valence-electron chi connectivity index (χ4n) is 5.98. The highest BCUT2D eigenvalue weighted by atomic mass is 16.6. The van der Waals surface area contributed by atoms with Crippen molar-refractivity contribution in [3.05, 3.63) is 122 Å². The van der Waals surface area contributed by atoms with E-state index in [1.54, 1.807) is 0 Å². The van der Waals surface area contributed by atoms with Gasteiger partial charge in [-0.25, -0.2) is 0 Å². The normalized spacial score (nSPS) is 13.3. The molecule has 5 heteroatoms. The Morgan fingerprint density at radius 1 is 0.400 bits per heavy atom. The molecule has 0 amide bonds. The Kier molecular flexibility index (Phi) is 46.6. The summed E-state index contributed by atoms with van der Waals surface area (Å²) in [7, 11) is 0. The summed E-state index contributed by atoms with van der Waals surface area (Å²) < 4.78 is 17.2. The van der Waals surface area contributed by atoms with E-state index in [2.05, 4.69) is 130 Å². The van der Waals surface area contributed by atoms with E-state index < -0.39 is 6.10 Å². The molecule has 0 N–H and O–H groups in total. The summed E-state index contributed by atoms with van der Waals surface area (Å²) in [5.41, 5.74) is 0. The van der Waals surface area contributed by atoms with Crippen molar-refractivity contribution < 1.29 is 23.8 Å². The molecule has 0 aliphatic carbocycles. The molecule has 60 heavy (non-hydrogen) atoms. The highest BCUT2D eigenvalue weighted by Crippen LogP contribution is 2.11. The lowest BCUT2D eigenvalue weighted by Gasteiger charge is -2.18. The molecular formula is C55H88O5. The number of carbonyl (C=O) groups is 2. The molecule has 0 rings (SSSR count). The SMILES string of the molecule is CC/C=C\C/C=C\C/C=C\C/C=C\C/C=C\CC(=O)OCC(COCCCCC/C=C\C/C=C\C/C=C\C/C=C\CC)OC(=O)CCCCCCC/C=C\CCCCCC. The molecule has 0 aliphatic rings. The zero-order valence-corrected chi connectivity index (χ0v) is 38.7. The van der Waals surface area contributed by atoms with Crippen molar-refractivity contribution in [2.24, 2.45) is 0 Å². The third kappa shape index (κ3) is 47.0. The van der Waals surface area contributed by atoms with E-state index >= 15 is 0 Å². The maximum Gasteiger partial charge on any atom is 0.309 e. The number of allylic oxidation sites excluding steroid dienone is 19. The van der Waals surface area contributed by atoms with E-state index in [9.17, 15) is 9.59 Å². The average Bonchev–Trinajstić information content (AvgIpc) is 3.25. The van der Waals surface area contributed by atoms with E-state index in [0.717, 1.165) is 109 Å². The standard InChI is InChI=1S/C55H88O5/c1-4-7-10-13-16-19-22-25-27-29-32-35-38-41-44-47-50-58-51-53(60-55(57)49-46-43-40-37-34-30-24-21-18-15-12-9-6-3)52-59-54(56)48-45-42-39-36-33-31-28-26-23-20-17-14-11-8-5-2/h7-8,10-11,16-17,19-21,24-28,32-33,35-36,42,45,53H,4-6,9,12-15,18,22-23,29-31,34,37-41,43-44,46-52H2,1-3H3/b10-7-,11-8-,19-16-,20-17-,24-21-,27-25-,28-26-,35-32-,36-33-,45-42-. The highest BCUT2D eigenvalue weighted by Gasteiger charge is 2.17. The summed E-state index contributed by atoms with van der Waals surface area (Å²) in [5.74, 6) is -0.582. The maximum atomic E-state index is 12.8. The first-order valence-corrected chi connectivity index (χ1v) is 24.1. The number of ether oxygens (including phenoxy) is 3. The first-order valence-electron chi connectivity index (χ1n) is 24.1. The topological polar surface area (TPSA) is 61.8 Å². The highest BCUT2D eigenvalue weighted by molar-refractivity contribution is 5.71. The number of hydrogen-bond acceptors (Lipinski definition) is 5. The lowest BCUT2D eigenvalue weighted by atomic mass is 10.1. The molecule has 1 unspecified atom stereocenters. The van der Waals surface area contributed by atoms with Crippen molar-refractivity contribution in [3.8, 4) is 0 Å². The Morgan fingerprint density at radius 2 is 0.800 bits per heavy atom. The third-order valence-corrected chi connectivity index (χ3v) is 9.50. The molecule has 0 aromatic rings. The fourth-order valence-corrected chi connectivity index (χ4v) is 5.98. The van der Waals surface area contributed by atoms with Gasteiger partial charge in [0.1, 0.15) is 6.61 Å². The van der Waals surface area contributed by atoms with Crippen molar-refractivity contribution >= 4 is 11.9 Å². The zero-order chi connectivity index (χ0) is 43.5. The number of carbonyl (C=O) groups excluding carboxylic acids is 2. The molecule has 5 nitrogen and oxygen atoms in total. The number of unbranched alkanes of at least 4 members (excludes halogenated alkanes) is 12. The van der Waals surface area contributed by atoms with Gasteiger partial charge >= 0.3 is 11.9 Å². The summed E-state index contributed by atoms with van der Waals surface area (Å²) in [6.07, 6.45) is 69.4. The second-order valence-electron chi connectivity index (χ2n) is 15.3. The lowest BCUT2D eigenvalue weighted by Crippen LogP contribution is -2.30. The number of esters is 2. The summed E-state index contributed by atoms with van der Waals surface area (Å²) in [5, 5.41) is 0. The lowest BCUT2D eigenvalue weighted by molar-refractivity contribution is -0.162. The largest absolute Gasteiger partial charge is 0.461 e. The van der Waals surface area contributed by atoms with Crippen LogP contribution in [0.3, 0.4) is 0 Å². The van der Waals surface area contributed by atoms with Crippen LogP contribution in [0.4, 0.5) is 0 Å². The van der Waals surface area contributed by atoms with Gasteiger partial charge in [-0.2, -0.15) is 0 Å². The van der Waals surface area contributed by atoms with Crippen LogP contribution >= 0.6 is 0 Å². The molecule has 0 saturated carbocycles. The fraction of sp³-hybridized carbons (Fsp3) is 0.600. The van der Waals surface area contributed by atoms with Crippen LogP contribution in [0.15, 0.2) is 122 Å². The van der Waals surface area contributed by atoms with Crippen molar-refractivity contribution in [3.63, 3.8) is 0 Å². The van der Waals surface area contributed by atoms with E-state index in [1.165, 1.54) is 44.9 Å². The van der Waals surface area contributed by atoms with E-state index in [4.69, 9.17) is 14.2 Å². The van der Waals surface area contributed by atoms with Crippen LogP contribution < -0.4 is 0 Å². The van der Waals surface area contributed by atoms with Gasteiger partial charge in [0.25, 0.3) is 0 Å². The minimum Gasteiger partial charge on any atom is -0.461 e. The van der Waals surface area contributed by atoms with Gasteiger partial charge < -0.3 is 14.2 Å². The number of rotatable bonds is 42. The average molecular weight is 829 g/mol.